The van der Waals surface area contributed by atoms with Gasteiger partial charge in [0.2, 0.25) is 0 Å². The molecule has 0 fully saturated rings. The second kappa shape index (κ2) is 1.54. The second-order valence-corrected chi connectivity index (χ2v) is 0.476. The van der Waals surface area contributed by atoms with Crippen LogP contribution in [0.25, 0.3) is 0 Å². The smallest absolute Gasteiger partial charge is 0.335 e. The van der Waals surface area contributed by atoms with E-state index in [9.17, 15) is 4.79 Å². The lowest BCUT2D eigenvalue weighted by atomic mass is 10.4. The number of urea groups is 1. The summed E-state index contributed by atoms with van der Waals surface area (Å²) in [5.41, 5.74) is 5.46. The van der Waals surface area contributed by atoms with Gasteiger partial charge in [-0.25, -0.2) is 10.3 Å². The van der Waals surface area contributed by atoms with Crippen LogP contribution in [0.2, 0.25) is 0 Å². The van der Waals surface area contributed by atoms with Gasteiger partial charge in [-0.2, -0.15) is 0 Å². The molecular weight excluding hydrogens is 71.0 g/mol. The predicted octanol–water partition coefficient (Wildman–Crippen LogP) is -0.956. The number of nitrogens with one attached hydrogen (secondary N) is 1. The molecule has 4 nitrogen and oxygen atoms in total. The molecule has 4 N–H and O–H groups in total. The number of hydrogen-bond acceptors (Lipinski definition) is 2. The lowest BCUT2D eigenvalue weighted by molar-refractivity contribution is 0.169. The van der Waals surface area contributed by atoms with Crippen LogP contribution in [0, 0.1) is 0 Å². The molecule has 5 heavy (non-hydrogen) atoms. The van der Waals surface area contributed by atoms with Crippen molar-refractivity contribution in [1.29, 1.82) is 0 Å². The molecule has 0 aromatic heterocycles. The second-order valence-electron chi connectivity index (χ2n) is 0.476. The van der Waals surface area contributed by atoms with Crippen LogP contribution in [0.15, 0.2) is 0 Å². The number of nitrogens with two attached hydrogens (primary N) is 1. The summed E-state index contributed by atoms with van der Waals surface area (Å²) in [5, 5.41) is 7.42. The van der Waals surface area contributed by atoms with E-state index in [0.717, 1.165) is 0 Å². The first kappa shape index (κ1) is 4.23. The zero-order valence-corrected chi connectivity index (χ0v) is 2.43. The molecule has 0 atom stereocenters. The van der Waals surface area contributed by atoms with Gasteiger partial charge in [0.05, 0.1) is 0 Å². The Balaban J connectivity index is 2.85. The average molecular weight is 75.1 g/mol. The van der Waals surface area contributed by atoms with E-state index in [0.29, 0.717) is 0 Å². The van der Waals surface area contributed by atoms with E-state index in [1.54, 1.807) is 0 Å². The SMILES string of the molecule is N[11C](=O)NO. The molecule has 0 heterocycles. The highest BCUT2D eigenvalue weighted by Crippen LogP contribution is 1.38. The van der Waals surface area contributed by atoms with Crippen molar-refractivity contribution in [3.8, 4) is 0 Å². The first-order chi connectivity index (χ1) is 2.27. The largest absolute Gasteiger partial charge is 0.350 e. The third-order valence-electron chi connectivity index (χ3n) is 0.110. The van der Waals surface area contributed by atoms with Crippen molar-refractivity contribution in [3.63, 3.8) is 0 Å². The molecule has 4 heteroatoms. The van der Waals surface area contributed by atoms with Gasteiger partial charge in [0.15, 0.2) is 0 Å². The van der Waals surface area contributed by atoms with Crippen LogP contribution in [-0.2, 0) is 0 Å². The summed E-state index contributed by atoms with van der Waals surface area (Å²) in [6.45, 7) is 0. The Morgan fingerprint density at radius 2 is 2.20 bits per heavy atom. The lowest BCUT2D eigenvalue weighted by Gasteiger charge is -1.79. The highest BCUT2D eigenvalue weighted by Gasteiger charge is 1.75. The molecule has 0 spiro atoms. The Bertz CT molecular complexity index is 42.9. The topological polar surface area (TPSA) is 75.4 Å². The molecule has 0 radical (unpaired) electrons. The van der Waals surface area contributed by atoms with E-state index in [1.807, 2.05) is 0 Å². The summed E-state index contributed by atoms with van der Waals surface area (Å²) < 4.78 is 0. The van der Waals surface area contributed by atoms with Crippen LogP contribution in [0.1, 0.15) is 0 Å². The summed E-state index contributed by atoms with van der Waals surface area (Å²) >= 11 is 0. The molecule has 2 amide bonds. The molecule has 0 aliphatic carbocycles. The normalized spacial score (nSPS) is 6.60. The number of rotatable bonds is 0. The van der Waals surface area contributed by atoms with Gasteiger partial charge in [-0.15, -0.1) is 0 Å². The number of hydrogen-bond donors (Lipinski definition) is 3. The Morgan fingerprint density at radius 3 is 2.20 bits per heavy atom. The summed E-state index contributed by atoms with van der Waals surface area (Å²) in [6.07, 6.45) is 0. The molecule has 30 valence electrons. The molecular formula is CH4N2O2. The highest BCUT2D eigenvalue weighted by atomic mass is 16.5. The number of amides is 2. The van der Waals surface area contributed by atoms with Gasteiger partial charge in [-0.3, -0.25) is 5.21 Å². The van der Waals surface area contributed by atoms with Gasteiger partial charge >= 0.3 is 6.03 Å². The van der Waals surface area contributed by atoms with Crippen molar-refractivity contribution in [3.05, 3.63) is 0 Å². The predicted molar refractivity (Wildman–Crippen MR) is 14.5 cm³/mol. The van der Waals surface area contributed by atoms with E-state index >= 15 is 0 Å². The van der Waals surface area contributed by atoms with Gasteiger partial charge in [-0.1, -0.05) is 0 Å². The minimum Gasteiger partial charge on any atom is -0.350 e. The lowest BCUT2D eigenvalue weighted by Crippen LogP contribution is -2.25. The van der Waals surface area contributed by atoms with Crippen LogP contribution < -0.4 is 11.2 Å². The van der Waals surface area contributed by atoms with Crippen molar-refractivity contribution in [2.75, 3.05) is 0 Å². The van der Waals surface area contributed by atoms with Crippen molar-refractivity contribution < 1.29 is 10.0 Å². The summed E-state index contributed by atoms with van der Waals surface area (Å²) in [6, 6.07) is -0.940. The summed E-state index contributed by atoms with van der Waals surface area (Å²) in [4.78, 5) is 9.23. The van der Waals surface area contributed by atoms with Crippen molar-refractivity contribution in [2.24, 2.45) is 5.73 Å². The molecule has 0 bridgehead atoms. The quantitative estimate of drug-likeness (QED) is 0.256. The monoisotopic (exact) mass is 75.0 g/mol. The Kier molecular flexibility index (Phi) is 1.30. The fourth-order valence-electron chi connectivity index (χ4n) is 0. The van der Waals surface area contributed by atoms with Gasteiger partial charge in [0, 0.05) is 0 Å². The Morgan fingerprint density at radius 1 is 2.00 bits per heavy atom. The van der Waals surface area contributed by atoms with Crippen LogP contribution in [0.3, 0.4) is 0 Å². The molecule has 0 rings (SSSR count). The molecule has 0 unspecified atom stereocenters. The zero-order chi connectivity index (χ0) is 4.28. The standard InChI is InChI=1S/CH4N2O2/c2-1(4)3-5/h5H,(H3,2,3,4)/i1-1. The molecule has 0 aromatic rings. The maximum Gasteiger partial charge on any atom is 0.335 e. The fourth-order valence-corrected chi connectivity index (χ4v) is 0. The molecule has 0 saturated heterocycles. The van der Waals surface area contributed by atoms with Gasteiger partial charge < -0.3 is 5.73 Å². The summed E-state index contributed by atoms with van der Waals surface area (Å²) in [7, 11) is 0. The first-order valence-electron chi connectivity index (χ1n) is 0.966. The molecule has 0 aliphatic heterocycles. The Labute approximate surface area is 28.5 Å². The number of hydroxylamine groups is 1. The van der Waals surface area contributed by atoms with Crippen LogP contribution in [0.4, 0.5) is 4.79 Å². The van der Waals surface area contributed by atoms with Crippen LogP contribution in [0.5, 0.6) is 0 Å². The number of primary amides is 1. The number of carbonyl (C=O) groups excluding carboxylic acids is 1. The maximum absolute atomic E-state index is 9.23. The molecule has 0 saturated carbocycles. The minimum atomic E-state index is -0.940. The van der Waals surface area contributed by atoms with E-state index in [-0.39, 0.29) is 0 Å². The third kappa shape index (κ3) is 3.23. The maximum atomic E-state index is 9.23. The van der Waals surface area contributed by atoms with E-state index < -0.39 is 6.03 Å². The zero-order valence-electron chi connectivity index (χ0n) is 2.43. The number of carbonyl (C=O) groups is 1. The molecule has 0 aromatic carbocycles. The van der Waals surface area contributed by atoms with Crippen molar-refractivity contribution in [2.45, 2.75) is 0 Å². The fraction of sp³-hybridized carbons (Fsp3) is 0. The van der Waals surface area contributed by atoms with Crippen LogP contribution >= 0.6 is 0 Å². The van der Waals surface area contributed by atoms with Gasteiger partial charge in [0.1, 0.15) is 0 Å². The van der Waals surface area contributed by atoms with Gasteiger partial charge in [-0.05, 0) is 0 Å². The first-order valence-corrected chi connectivity index (χ1v) is 0.966. The Hall–Kier alpha value is -0.770. The summed E-state index contributed by atoms with van der Waals surface area (Å²) in [5.74, 6) is 0. The van der Waals surface area contributed by atoms with E-state index in [4.69, 9.17) is 5.21 Å². The van der Waals surface area contributed by atoms with Gasteiger partial charge in [0.25, 0.3) is 0 Å². The van der Waals surface area contributed by atoms with E-state index in [2.05, 4.69) is 5.73 Å². The van der Waals surface area contributed by atoms with E-state index in [1.165, 1.54) is 5.48 Å². The minimum absolute atomic E-state index is 0.940. The van der Waals surface area contributed by atoms with Crippen molar-refractivity contribution >= 4 is 6.03 Å². The average Bonchev–Trinajstić information content (AvgIpc) is 1.38. The third-order valence-corrected chi connectivity index (χ3v) is 0.110. The molecule has 0 aliphatic rings. The highest BCUT2D eigenvalue weighted by molar-refractivity contribution is 5.69. The van der Waals surface area contributed by atoms with Crippen molar-refractivity contribution in [1.82, 2.24) is 5.48 Å². The van der Waals surface area contributed by atoms with Crippen LogP contribution in [-0.4, -0.2) is 11.2 Å².